The standard InChI is InChI=1S/C2H4ClNO2/c3-6-2(5)1-4/h1,4H2. The number of halogens is 1. The average Bonchev–Trinajstić information content (AvgIpc) is 1.65. The van der Waals surface area contributed by atoms with Crippen molar-refractivity contribution in [3.63, 3.8) is 0 Å². The Labute approximate surface area is 40.2 Å². The summed E-state index contributed by atoms with van der Waals surface area (Å²) in [7, 11) is 0. The van der Waals surface area contributed by atoms with E-state index in [0.717, 1.165) is 0 Å². The summed E-state index contributed by atoms with van der Waals surface area (Å²) in [5.41, 5.74) is 4.72. The van der Waals surface area contributed by atoms with Crippen LogP contribution in [-0.2, 0) is 9.08 Å². The highest BCUT2D eigenvalue weighted by atomic mass is 35.5. The van der Waals surface area contributed by atoms with Crippen molar-refractivity contribution in [2.24, 2.45) is 5.73 Å². The van der Waals surface area contributed by atoms with Gasteiger partial charge in [0.15, 0.2) is 0 Å². The second kappa shape index (κ2) is 2.93. The van der Waals surface area contributed by atoms with Crippen LogP contribution in [-0.4, -0.2) is 12.5 Å². The van der Waals surface area contributed by atoms with Crippen molar-refractivity contribution >= 4 is 17.8 Å². The van der Waals surface area contributed by atoms with Crippen LogP contribution < -0.4 is 5.73 Å². The van der Waals surface area contributed by atoms with Gasteiger partial charge < -0.3 is 10.0 Å². The average molecular weight is 110 g/mol. The lowest BCUT2D eigenvalue weighted by atomic mass is 10.7. The maximum Gasteiger partial charge on any atom is 0.338 e. The molecule has 0 fully saturated rings. The minimum atomic E-state index is -0.614. The van der Waals surface area contributed by atoms with Crippen LogP contribution in [0.4, 0.5) is 0 Å². The summed E-state index contributed by atoms with van der Waals surface area (Å²) in [5, 5.41) is 0. The third-order valence-electron chi connectivity index (χ3n) is 0.253. The van der Waals surface area contributed by atoms with Crippen molar-refractivity contribution in [2.45, 2.75) is 0 Å². The molecule has 0 rings (SSSR count). The summed E-state index contributed by atoms with van der Waals surface area (Å²) in [5.74, 6) is -0.614. The van der Waals surface area contributed by atoms with Crippen LogP contribution in [0.3, 0.4) is 0 Å². The Morgan fingerprint density at radius 1 is 2.00 bits per heavy atom. The molecule has 0 atom stereocenters. The van der Waals surface area contributed by atoms with E-state index in [1.807, 2.05) is 0 Å². The predicted octanol–water partition coefficient (Wildman–Crippen LogP) is -0.358. The molecule has 0 aliphatic heterocycles. The number of rotatable bonds is 1. The lowest BCUT2D eigenvalue weighted by Gasteiger charge is -1.82. The minimum absolute atomic E-state index is 0.163. The molecule has 0 amide bonds. The van der Waals surface area contributed by atoms with Crippen LogP contribution in [0.1, 0.15) is 0 Å². The second-order valence-electron chi connectivity index (χ2n) is 0.653. The number of carbonyl (C=O) groups is 1. The fourth-order valence-electron chi connectivity index (χ4n) is 0.0315. The molecule has 0 saturated carbocycles. The predicted molar refractivity (Wildman–Crippen MR) is 21.0 cm³/mol. The molecule has 0 spiro atoms. The van der Waals surface area contributed by atoms with Gasteiger partial charge in [-0.15, -0.1) is 0 Å². The highest BCUT2D eigenvalue weighted by Gasteiger charge is 1.90. The van der Waals surface area contributed by atoms with Crippen molar-refractivity contribution in [1.82, 2.24) is 0 Å². The van der Waals surface area contributed by atoms with Gasteiger partial charge in [0.05, 0.1) is 6.54 Å². The number of hydrogen-bond acceptors (Lipinski definition) is 3. The van der Waals surface area contributed by atoms with Crippen LogP contribution in [0.25, 0.3) is 0 Å². The van der Waals surface area contributed by atoms with Crippen LogP contribution in [0, 0.1) is 0 Å². The summed E-state index contributed by atoms with van der Waals surface area (Å²) in [6.07, 6.45) is 0. The summed E-state index contributed by atoms with van der Waals surface area (Å²) in [4.78, 5) is 9.70. The number of nitrogens with two attached hydrogens (primary N) is 1. The maximum absolute atomic E-state index is 9.70. The highest BCUT2D eigenvalue weighted by Crippen LogP contribution is 1.75. The number of carbonyl (C=O) groups excluding carboxylic acids is 1. The van der Waals surface area contributed by atoms with E-state index in [-0.39, 0.29) is 6.54 Å². The van der Waals surface area contributed by atoms with Crippen LogP contribution >= 0.6 is 11.9 Å². The molecule has 0 radical (unpaired) electrons. The summed E-state index contributed by atoms with van der Waals surface area (Å²) >= 11 is 4.52. The first-order chi connectivity index (χ1) is 2.81. The van der Waals surface area contributed by atoms with Gasteiger partial charge in [-0.05, 0) is 0 Å². The Hall–Kier alpha value is -0.280. The molecule has 0 aromatic rings. The third-order valence-corrected chi connectivity index (χ3v) is 0.425. The van der Waals surface area contributed by atoms with Gasteiger partial charge in [-0.2, -0.15) is 0 Å². The molecule has 0 unspecified atom stereocenters. The molecule has 0 heterocycles. The Kier molecular flexibility index (Phi) is 2.80. The monoisotopic (exact) mass is 109 g/mol. The van der Waals surface area contributed by atoms with Crippen molar-refractivity contribution < 1.29 is 9.08 Å². The van der Waals surface area contributed by atoms with Crippen molar-refractivity contribution in [3.05, 3.63) is 0 Å². The van der Waals surface area contributed by atoms with E-state index >= 15 is 0 Å². The molecular weight excluding hydrogens is 105 g/mol. The van der Waals surface area contributed by atoms with Gasteiger partial charge in [0, 0.05) is 0 Å². The van der Waals surface area contributed by atoms with Gasteiger partial charge in [-0.1, -0.05) is 0 Å². The van der Waals surface area contributed by atoms with Crippen molar-refractivity contribution in [3.8, 4) is 0 Å². The minimum Gasteiger partial charge on any atom is -0.346 e. The smallest absolute Gasteiger partial charge is 0.338 e. The van der Waals surface area contributed by atoms with Crippen molar-refractivity contribution in [2.75, 3.05) is 6.54 Å². The van der Waals surface area contributed by atoms with Gasteiger partial charge in [0.1, 0.15) is 11.9 Å². The largest absolute Gasteiger partial charge is 0.346 e. The second-order valence-corrected chi connectivity index (χ2v) is 0.808. The Morgan fingerprint density at radius 2 is 2.50 bits per heavy atom. The molecule has 4 heteroatoms. The summed E-state index contributed by atoms with van der Waals surface area (Å²) in [6, 6.07) is 0. The molecule has 36 valence electrons. The normalized spacial score (nSPS) is 7.67. The quantitative estimate of drug-likeness (QED) is 0.501. The first-order valence-electron chi connectivity index (χ1n) is 1.32. The summed E-state index contributed by atoms with van der Waals surface area (Å²) in [6.45, 7) is -0.163. The Balaban J connectivity index is 2.99. The van der Waals surface area contributed by atoms with E-state index in [4.69, 9.17) is 5.73 Å². The zero-order valence-electron chi connectivity index (χ0n) is 2.98. The van der Waals surface area contributed by atoms with Gasteiger partial charge in [-0.3, -0.25) is 0 Å². The molecule has 0 aliphatic carbocycles. The Bertz CT molecular complexity index is 49.5. The van der Waals surface area contributed by atoms with Gasteiger partial charge in [0.2, 0.25) is 0 Å². The van der Waals surface area contributed by atoms with Gasteiger partial charge in [0.25, 0.3) is 0 Å². The van der Waals surface area contributed by atoms with Crippen LogP contribution in [0.2, 0.25) is 0 Å². The molecule has 0 saturated heterocycles. The first-order valence-corrected chi connectivity index (χ1v) is 1.63. The number of hydrogen-bond donors (Lipinski definition) is 1. The molecular formula is C2H4ClNO2. The fraction of sp³-hybridized carbons (Fsp3) is 0.500. The molecule has 0 aromatic carbocycles. The molecule has 3 nitrogen and oxygen atoms in total. The summed E-state index contributed by atoms with van der Waals surface area (Å²) < 4.78 is 3.61. The fourth-order valence-corrected chi connectivity index (χ4v) is 0.0945. The van der Waals surface area contributed by atoms with E-state index in [1.54, 1.807) is 0 Å². The Morgan fingerprint density at radius 3 is 2.50 bits per heavy atom. The van der Waals surface area contributed by atoms with Gasteiger partial charge in [-0.25, -0.2) is 4.79 Å². The van der Waals surface area contributed by atoms with E-state index in [1.165, 1.54) is 0 Å². The van der Waals surface area contributed by atoms with E-state index < -0.39 is 5.97 Å². The SMILES string of the molecule is NCC(=O)OCl. The molecule has 0 bridgehead atoms. The molecule has 2 N–H and O–H groups in total. The zero-order chi connectivity index (χ0) is 4.99. The molecule has 0 aliphatic rings. The zero-order valence-corrected chi connectivity index (χ0v) is 3.73. The lowest BCUT2D eigenvalue weighted by molar-refractivity contribution is -0.132. The first kappa shape index (κ1) is 5.72. The topological polar surface area (TPSA) is 52.3 Å². The van der Waals surface area contributed by atoms with E-state index in [9.17, 15) is 4.79 Å². The lowest BCUT2D eigenvalue weighted by Crippen LogP contribution is -2.12. The molecule has 0 aromatic heterocycles. The van der Waals surface area contributed by atoms with E-state index in [2.05, 4.69) is 16.2 Å². The highest BCUT2D eigenvalue weighted by molar-refractivity contribution is 6.13. The van der Waals surface area contributed by atoms with Gasteiger partial charge >= 0.3 is 5.97 Å². The molecule has 6 heavy (non-hydrogen) atoms. The van der Waals surface area contributed by atoms with Crippen LogP contribution in [0.5, 0.6) is 0 Å². The van der Waals surface area contributed by atoms with E-state index in [0.29, 0.717) is 0 Å². The third kappa shape index (κ3) is 1.99. The van der Waals surface area contributed by atoms with Crippen LogP contribution in [0.15, 0.2) is 0 Å². The maximum atomic E-state index is 9.70. The van der Waals surface area contributed by atoms with Crippen molar-refractivity contribution in [1.29, 1.82) is 0 Å².